The summed E-state index contributed by atoms with van der Waals surface area (Å²) in [4.78, 5) is 0. The number of hydrogen-bond donors (Lipinski definition) is 1. The van der Waals surface area contributed by atoms with Crippen molar-refractivity contribution in [2.45, 2.75) is 18.9 Å². The van der Waals surface area contributed by atoms with Gasteiger partial charge in [0.05, 0.1) is 6.61 Å². The molecule has 4 heteroatoms. The highest BCUT2D eigenvalue weighted by Gasteiger charge is 2.20. The van der Waals surface area contributed by atoms with Gasteiger partial charge >= 0.3 is 0 Å². The van der Waals surface area contributed by atoms with Gasteiger partial charge in [-0.05, 0) is 36.6 Å². The minimum atomic E-state index is -0.721. The zero-order valence-corrected chi connectivity index (χ0v) is 10.1. The van der Waals surface area contributed by atoms with Crippen molar-refractivity contribution in [3.8, 4) is 11.5 Å². The van der Waals surface area contributed by atoms with Crippen molar-refractivity contribution in [2.75, 3.05) is 19.8 Å². The van der Waals surface area contributed by atoms with Gasteiger partial charge in [0, 0.05) is 0 Å². The number of benzene rings is 1. The molecule has 0 fully saturated rings. The zero-order chi connectivity index (χ0) is 12.4. The number of aliphatic hydroxyl groups is 1. The summed E-state index contributed by atoms with van der Waals surface area (Å²) in [5, 5.41) is 10.3. The topological polar surface area (TPSA) is 47.9 Å². The monoisotopic (exact) mass is 248 g/mol. The second-order valence-corrected chi connectivity index (χ2v) is 4.40. The lowest BCUT2D eigenvalue weighted by Crippen LogP contribution is -2.16. The van der Waals surface area contributed by atoms with Crippen LogP contribution in [0.25, 0.3) is 0 Å². The molecule has 2 aliphatic heterocycles. The Labute approximate surface area is 106 Å². The van der Waals surface area contributed by atoms with E-state index in [0.717, 1.165) is 24.2 Å². The van der Waals surface area contributed by atoms with E-state index in [0.29, 0.717) is 31.3 Å². The van der Waals surface area contributed by atoms with Gasteiger partial charge in [0.25, 0.3) is 0 Å². The molecule has 1 aromatic carbocycles. The van der Waals surface area contributed by atoms with E-state index in [4.69, 9.17) is 14.2 Å². The minimum absolute atomic E-state index is 0.547. The fourth-order valence-corrected chi connectivity index (χ4v) is 2.16. The summed E-state index contributed by atoms with van der Waals surface area (Å²) in [5.74, 6) is 2.06. The maximum atomic E-state index is 10.3. The lowest BCUT2D eigenvalue weighted by molar-refractivity contribution is 0.0912. The zero-order valence-electron chi connectivity index (χ0n) is 10.1. The SMILES string of the molecule is OC(C1=CCCCO1)c1ccc2c(c1)OCCO2. The Morgan fingerprint density at radius 3 is 2.61 bits per heavy atom. The van der Waals surface area contributed by atoms with Crippen LogP contribution >= 0.6 is 0 Å². The highest BCUT2D eigenvalue weighted by atomic mass is 16.6. The van der Waals surface area contributed by atoms with Crippen molar-refractivity contribution in [3.63, 3.8) is 0 Å². The summed E-state index contributed by atoms with van der Waals surface area (Å²) in [5.41, 5.74) is 0.771. The van der Waals surface area contributed by atoms with Crippen LogP contribution in [0.3, 0.4) is 0 Å². The van der Waals surface area contributed by atoms with Gasteiger partial charge in [0.2, 0.25) is 0 Å². The van der Waals surface area contributed by atoms with Crippen molar-refractivity contribution < 1.29 is 19.3 Å². The molecule has 1 unspecified atom stereocenters. The predicted octanol–water partition coefficient (Wildman–Crippen LogP) is 2.19. The largest absolute Gasteiger partial charge is 0.495 e. The van der Waals surface area contributed by atoms with E-state index in [1.807, 2.05) is 24.3 Å². The molecule has 4 nitrogen and oxygen atoms in total. The first-order valence-corrected chi connectivity index (χ1v) is 6.25. The molecule has 1 N–H and O–H groups in total. The van der Waals surface area contributed by atoms with Gasteiger partial charge in [-0.2, -0.15) is 0 Å². The van der Waals surface area contributed by atoms with Gasteiger partial charge < -0.3 is 19.3 Å². The van der Waals surface area contributed by atoms with Crippen LogP contribution < -0.4 is 9.47 Å². The van der Waals surface area contributed by atoms with Crippen LogP contribution in [0.2, 0.25) is 0 Å². The van der Waals surface area contributed by atoms with Gasteiger partial charge in [-0.3, -0.25) is 0 Å². The van der Waals surface area contributed by atoms with Crippen LogP contribution in [-0.2, 0) is 4.74 Å². The van der Waals surface area contributed by atoms with E-state index in [-0.39, 0.29) is 0 Å². The third kappa shape index (κ3) is 2.16. The van der Waals surface area contributed by atoms with Gasteiger partial charge in [0.15, 0.2) is 11.5 Å². The smallest absolute Gasteiger partial charge is 0.161 e. The van der Waals surface area contributed by atoms with Crippen LogP contribution in [0.1, 0.15) is 24.5 Å². The summed E-state index contributed by atoms with van der Waals surface area (Å²) in [6.45, 7) is 1.79. The van der Waals surface area contributed by atoms with Crippen LogP contribution in [0, 0.1) is 0 Å². The predicted molar refractivity (Wildman–Crippen MR) is 65.7 cm³/mol. The van der Waals surface area contributed by atoms with E-state index in [9.17, 15) is 5.11 Å². The lowest BCUT2D eigenvalue weighted by Gasteiger charge is -2.22. The molecule has 0 amide bonds. The Balaban J connectivity index is 1.85. The fraction of sp³-hybridized carbons (Fsp3) is 0.429. The van der Waals surface area contributed by atoms with Gasteiger partial charge in [-0.15, -0.1) is 0 Å². The number of allylic oxidation sites excluding steroid dienone is 1. The molecule has 0 aromatic heterocycles. The van der Waals surface area contributed by atoms with Gasteiger partial charge in [0.1, 0.15) is 25.1 Å². The number of hydrogen-bond acceptors (Lipinski definition) is 4. The molecule has 1 aromatic rings. The third-order valence-corrected chi connectivity index (χ3v) is 3.11. The normalized spacial score (nSPS) is 19.7. The Kier molecular flexibility index (Phi) is 3.11. The minimum Gasteiger partial charge on any atom is -0.495 e. The van der Waals surface area contributed by atoms with Crippen molar-refractivity contribution in [1.29, 1.82) is 0 Å². The number of ether oxygens (including phenoxy) is 3. The van der Waals surface area contributed by atoms with Crippen molar-refractivity contribution in [2.24, 2.45) is 0 Å². The van der Waals surface area contributed by atoms with E-state index in [1.54, 1.807) is 0 Å². The first kappa shape index (κ1) is 11.4. The summed E-state index contributed by atoms with van der Waals surface area (Å²) >= 11 is 0. The van der Waals surface area contributed by atoms with E-state index in [1.165, 1.54) is 0 Å². The number of aliphatic hydroxyl groups excluding tert-OH is 1. The molecule has 0 aliphatic carbocycles. The molecule has 0 radical (unpaired) electrons. The molecule has 2 heterocycles. The molecule has 2 aliphatic rings. The van der Waals surface area contributed by atoms with Crippen molar-refractivity contribution in [3.05, 3.63) is 35.6 Å². The third-order valence-electron chi connectivity index (χ3n) is 3.11. The summed E-state index contributed by atoms with van der Waals surface area (Å²) < 4.78 is 16.4. The average Bonchev–Trinajstić information content (AvgIpc) is 2.47. The Hall–Kier alpha value is -1.68. The maximum Gasteiger partial charge on any atom is 0.161 e. The van der Waals surface area contributed by atoms with Crippen LogP contribution in [0.15, 0.2) is 30.0 Å². The first-order chi connectivity index (χ1) is 8.84. The highest BCUT2D eigenvalue weighted by Crippen LogP contribution is 2.35. The molecular weight excluding hydrogens is 232 g/mol. The van der Waals surface area contributed by atoms with Crippen LogP contribution in [-0.4, -0.2) is 24.9 Å². The Bertz CT molecular complexity index is 467. The highest BCUT2D eigenvalue weighted by molar-refractivity contribution is 5.45. The van der Waals surface area contributed by atoms with Gasteiger partial charge in [-0.1, -0.05) is 6.07 Å². The van der Waals surface area contributed by atoms with Gasteiger partial charge in [-0.25, -0.2) is 0 Å². The molecule has 96 valence electrons. The summed E-state index contributed by atoms with van der Waals surface area (Å²) in [6, 6.07) is 5.49. The standard InChI is InChI=1S/C14H16O4/c15-14(12-3-1-2-6-16-12)10-4-5-11-13(9-10)18-8-7-17-11/h3-5,9,14-15H,1-2,6-8H2. The Morgan fingerprint density at radius 1 is 1.00 bits per heavy atom. The average molecular weight is 248 g/mol. The molecule has 18 heavy (non-hydrogen) atoms. The van der Waals surface area contributed by atoms with Crippen LogP contribution in [0.4, 0.5) is 0 Å². The fourth-order valence-electron chi connectivity index (χ4n) is 2.16. The maximum absolute atomic E-state index is 10.3. The van der Waals surface area contributed by atoms with E-state index >= 15 is 0 Å². The van der Waals surface area contributed by atoms with E-state index in [2.05, 4.69) is 0 Å². The quantitative estimate of drug-likeness (QED) is 0.871. The number of rotatable bonds is 2. The van der Waals surface area contributed by atoms with Crippen molar-refractivity contribution in [1.82, 2.24) is 0 Å². The van der Waals surface area contributed by atoms with E-state index < -0.39 is 6.10 Å². The first-order valence-electron chi connectivity index (χ1n) is 6.25. The second-order valence-electron chi connectivity index (χ2n) is 4.40. The molecule has 0 spiro atoms. The van der Waals surface area contributed by atoms with Crippen LogP contribution in [0.5, 0.6) is 11.5 Å². The summed E-state index contributed by atoms with van der Waals surface area (Å²) in [6.07, 6.45) is 3.19. The number of fused-ring (bicyclic) bond motifs is 1. The second kappa shape index (κ2) is 4.90. The summed E-state index contributed by atoms with van der Waals surface area (Å²) in [7, 11) is 0. The molecule has 0 saturated carbocycles. The molecule has 0 bridgehead atoms. The molecule has 1 atom stereocenters. The molecule has 0 saturated heterocycles. The Morgan fingerprint density at radius 2 is 1.83 bits per heavy atom. The van der Waals surface area contributed by atoms with Crippen molar-refractivity contribution >= 4 is 0 Å². The molecule has 3 rings (SSSR count). The lowest BCUT2D eigenvalue weighted by atomic mass is 10.0. The molecular formula is C14H16O4.